The number of hydrogen-bond acceptors (Lipinski definition) is 3. The molecule has 0 saturated carbocycles. The molecule has 12 heavy (non-hydrogen) atoms. The average Bonchev–Trinajstić information content (AvgIpc) is 2.02. The van der Waals surface area contributed by atoms with Crippen LogP contribution in [0.15, 0.2) is 0 Å². The van der Waals surface area contributed by atoms with Gasteiger partial charge in [-0.1, -0.05) is 20.3 Å². The van der Waals surface area contributed by atoms with Crippen molar-refractivity contribution < 1.29 is 9.53 Å². The van der Waals surface area contributed by atoms with Crippen LogP contribution in [0.25, 0.3) is 0 Å². The van der Waals surface area contributed by atoms with Gasteiger partial charge in [-0.25, -0.2) is 0 Å². The van der Waals surface area contributed by atoms with E-state index in [0.717, 1.165) is 12.8 Å². The molecule has 0 rings (SSSR count). The Morgan fingerprint density at radius 3 is 2.75 bits per heavy atom. The standard InChI is InChI=1S/C9H19NO2/c1-4-5-8(2)7-12-9(11)6-10-3/h8,10H,4-7H2,1-3H3. The summed E-state index contributed by atoms with van der Waals surface area (Å²) in [5.41, 5.74) is 0. The van der Waals surface area contributed by atoms with Crippen molar-refractivity contribution in [3.8, 4) is 0 Å². The Kier molecular flexibility index (Phi) is 6.76. The molecule has 0 heterocycles. The molecule has 0 amide bonds. The van der Waals surface area contributed by atoms with Gasteiger partial charge in [0.1, 0.15) is 0 Å². The van der Waals surface area contributed by atoms with E-state index in [9.17, 15) is 4.79 Å². The Balaban J connectivity index is 3.33. The first-order chi connectivity index (χ1) is 5.70. The SMILES string of the molecule is CCCC(C)COC(=O)CNC. The third kappa shape index (κ3) is 6.16. The van der Waals surface area contributed by atoms with Gasteiger partial charge in [0, 0.05) is 0 Å². The number of carbonyl (C=O) groups excluding carboxylic acids is 1. The third-order valence-electron chi connectivity index (χ3n) is 1.63. The van der Waals surface area contributed by atoms with Gasteiger partial charge < -0.3 is 10.1 Å². The Labute approximate surface area is 74.5 Å². The summed E-state index contributed by atoms with van der Waals surface area (Å²) in [5, 5.41) is 2.75. The molecule has 3 nitrogen and oxygen atoms in total. The Hall–Kier alpha value is -0.570. The van der Waals surface area contributed by atoms with Crippen molar-refractivity contribution in [2.24, 2.45) is 5.92 Å². The minimum atomic E-state index is -0.166. The summed E-state index contributed by atoms with van der Waals surface area (Å²) >= 11 is 0. The lowest BCUT2D eigenvalue weighted by Gasteiger charge is -2.10. The highest BCUT2D eigenvalue weighted by Crippen LogP contribution is 2.04. The van der Waals surface area contributed by atoms with E-state index in [0.29, 0.717) is 19.1 Å². The molecule has 72 valence electrons. The van der Waals surface area contributed by atoms with Crippen LogP contribution in [0.3, 0.4) is 0 Å². The van der Waals surface area contributed by atoms with E-state index in [2.05, 4.69) is 19.2 Å². The first-order valence-electron chi connectivity index (χ1n) is 4.50. The molecule has 0 aliphatic carbocycles. The molecule has 0 aromatic carbocycles. The van der Waals surface area contributed by atoms with Crippen molar-refractivity contribution in [3.63, 3.8) is 0 Å². The molecule has 0 aromatic rings. The van der Waals surface area contributed by atoms with Crippen molar-refractivity contribution in [2.45, 2.75) is 26.7 Å². The smallest absolute Gasteiger partial charge is 0.319 e. The maximum atomic E-state index is 10.9. The molecule has 0 fully saturated rings. The normalized spacial score (nSPS) is 12.6. The Bertz CT molecular complexity index is 126. The third-order valence-corrected chi connectivity index (χ3v) is 1.63. The largest absolute Gasteiger partial charge is 0.464 e. The molecule has 1 atom stereocenters. The van der Waals surface area contributed by atoms with E-state index in [-0.39, 0.29) is 5.97 Å². The first kappa shape index (κ1) is 11.4. The van der Waals surface area contributed by atoms with Crippen LogP contribution in [0.5, 0.6) is 0 Å². The highest BCUT2D eigenvalue weighted by atomic mass is 16.5. The second-order valence-electron chi connectivity index (χ2n) is 3.11. The predicted molar refractivity (Wildman–Crippen MR) is 49.0 cm³/mol. The fourth-order valence-corrected chi connectivity index (χ4v) is 1.01. The zero-order valence-electron chi connectivity index (χ0n) is 8.22. The molecule has 0 saturated heterocycles. The van der Waals surface area contributed by atoms with Crippen LogP contribution in [-0.4, -0.2) is 26.2 Å². The molecule has 1 N–H and O–H groups in total. The van der Waals surface area contributed by atoms with Gasteiger partial charge in [0.2, 0.25) is 0 Å². The summed E-state index contributed by atoms with van der Waals surface area (Å²) in [6, 6.07) is 0. The molecule has 3 heteroatoms. The molecular weight excluding hydrogens is 154 g/mol. The topological polar surface area (TPSA) is 38.3 Å². The van der Waals surface area contributed by atoms with E-state index in [1.807, 2.05) is 0 Å². The van der Waals surface area contributed by atoms with Crippen LogP contribution in [0.4, 0.5) is 0 Å². The molecule has 0 bridgehead atoms. The van der Waals surface area contributed by atoms with Crippen LogP contribution < -0.4 is 5.32 Å². The zero-order valence-corrected chi connectivity index (χ0v) is 8.22. The first-order valence-corrected chi connectivity index (χ1v) is 4.50. The number of nitrogens with one attached hydrogen (secondary N) is 1. The van der Waals surface area contributed by atoms with E-state index in [1.54, 1.807) is 7.05 Å². The number of carbonyl (C=O) groups is 1. The molecule has 0 aliphatic rings. The quantitative estimate of drug-likeness (QED) is 0.613. The Morgan fingerprint density at radius 2 is 2.25 bits per heavy atom. The van der Waals surface area contributed by atoms with Gasteiger partial charge in [0.05, 0.1) is 13.2 Å². The molecule has 1 unspecified atom stereocenters. The van der Waals surface area contributed by atoms with E-state index < -0.39 is 0 Å². The van der Waals surface area contributed by atoms with Crippen molar-refractivity contribution in [1.82, 2.24) is 5.32 Å². The van der Waals surface area contributed by atoms with Crippen LogP contribution >= 0.6 is 0 Å². The van der Waals surface area contributed by atoms with Gasteiger partial charge >= 0.3 is 5.97 Å². The minimum absolute atomic E-state index is 0.166. The minimum Gasteiger partial charge on any atom is -0.464 e. The summed E-state index contributed by atoms with van der Waals surface area (Å²) in [6.07, 6.45) is 2.26. The highest BCUT2D eigenvalue weighted by molar-refractivity contribution is 5.71. The van der Waals surface area contributed by atoms with Gasteiger partial charge in [-0.15, -0.1) is 0 Å². The lowest BCUT2D eigenvalue weighted by atomic mass is 10.1. The number of ether oxygens (including phenoxy) is 1. The monoisotopic (exact) mass is 173 g/mol. The molecule has 0 spiro atoms. The van der Waals surface area contributed by atoms with E-state index in [4.69, 9.17) is 4.74 Å². The van der Waals surface area contributed by atoms with Gasteiger partial charge in [-0.3, -0.25) is 4.79 Å². The van der Waals surface area contributed by atoms with Crippen LogP contribution in [0.2, 0.25) is 0 Å². The maximum Gasteiger partial charge on any atom is 0.319 e. The Morgan fingerprint density at radius 1 is 1.58 bits per heavy atom. The summed E-state index contributed by atoms with van der Waals surface area (Å²) < 4.78 is 5.00. The summed E-state index contributed by atoms with van der Waals surface area (Å²) in [4.78, 5) is 10.9. The summed E-state index contributed by atoms with van der Waals surface area (Å²) in [7, 11) is 1.73. The lowest BCUT2D eigenvalue weighted by Crippen LogP contribution is -2.22. The van der Waals surface area contributed by atoms with Crippen LogP contribution in [0.1, 0.15) is 26.7 Å². The van der Waals surface area contributed by atoms with Crippen molar-refractivity contribution in [2.75, 3.05) is 20.2 Å². The fourth-order valence-electron chi connectivity index (χ4n) is 1.01. The number of likely N-dealkylation sites (N-methyl/N-ethyl adjacent to an activating group) is 1. The van der Waals surface area contributed by atoms with Crippen LogP contribution in [0, 0.1) is 5.92 Å². The van der Waals surface area contributed by atoms with E-state index in [1.165, 1.54) is 0 Å². The van der Waals surface area contributed by atoms with Crippen LogP contribution in [-0.2, 0) is 9.53 Å². The fraction of sp³-hybridized carbons (Fsp3) is 0.889. The van der Waals surface area contributed by atoms with Gasteiger partial charge in [-0.05, 0) is 19.4 Å². The van der Waals surface area contributed by atoms with Crippen molar-refractivity contribution in [3.05, 3.63) is 0 Å². The van der Waals surface area contributed by atoms with Gasteiger partial charge in [0.15, 0.2) is 0 Å². The maximum absolute atomic E-state index is 10.9. The summed E-state index contributed by atoms with van der Waals surface area (Å²) in [5.74, 6) is 0.316. The van der Waals surface area contributed by atoms with Gasteiger partial charge in [0.25, 0.3) is 0 Å². The number of hydrogen-bond donors (Lipinski definition) is 1. The average molecular weight is 173 g/mol. The predicted octanol–water partition coefficient (Wildman–Crippen LogP) is 1.19. The second kappa shape index (κ2) is 7.10. The summed E-state index contributed by atoms with van der Waals surface area (Å²) in [6.45, 7) is 5.08. The zero-order chi connectivity index (χ0) is 9.40. The number of rotatable bonds is 6. The van der Waals surface area contributed by atoms with E-state index >= 15 is 0 Å². The lowest BCUT2D eigenvalue weighted by molar-refractivity contribution is -0.143. The molecule has 0 aromatic heterocycles. The number of esters is 1. The molecule has 0 aliphatic heterocycles. The van der Waals surface area contributed by atoms with Crippen molar-refractivity contribution in [1.29, 1.82) is 0 Å². The molecular formula is C9H19NO2. The highest BCUT2D eigenvalue weighted by Gasteiger charge is 2.04. The second-order valence-corrected chi connectivity index (χ2v) is 3.11. The molecule has 0 radical (unpaired) electrons. The van der Waals surface area contributed by atoms with Crippen molar-refractivity contribution >= 4 is 5.97 Å². The van der Waals surface area contributed by atoms with Gasteiger partial charge in [-0.2, -0.15) is 0 Å².